The lowest BCUT2D eigenvalue weighted by Gasteiger charge is -2.33. The minimum Gasteiger partial charge on any atom is -0.354 e. The number of rotatable bonds is 1. The summed E-state index contributed by atoms with van der Waals surface area (Å²) in [6, 6.07) is 10.6. The van der Waals surface area contributed by atoms with Gasteiger partial charge >= 0.3 is 0 Å². The molecule has 0 amide bonds. The van der Waals surface area contributed by atoms with Crippen LogP contribution in [0.4, 0.5) is 5.82 Å². The van der Waals surface area contributed by atoms with Crippen LogP contribution < -0.4 is 4.90 Å². The molecule has 0 bridgehead atoms. The lowest BCUT2D eigenvalue weighted by atomic mass is 10.1. The molecule has 96 valence electrons. The minimum absolute atomic E-state index is 0. The Labute approximate surface area is 118 Å². The number of halogens is 1. The van der Waals surface area contributed by atoms with Crippen molar-refractivity contribution in [3.63, 3.8) is 0 Å². The number of nitrogens with zero attached hydrogens (tertiary/aromatic N) is 3. The predicted molar refractivity (Wildman–Crippen MR) is 81.8 cm³/mol. The van der Waals surface area contributed by atoms with E-state index in [1.165, 1.54) is 10.8 Å². The zero-order chi connectivity index (χ0) is 11.7. The summed E-state index contributed by atoms with van der Waals surface area (Å²) in [5.74, 6) is 1.14. The van der Waals surface area contributed by atoms with E-state index in [-0.39, 0.29) is 17.0 Å². The molecule has 1 fully saturated rings. The average molecular weight is 308 g/mol. The Morgan fingerprint density at radius 1 is 1.00 bits per heavy atom. The van der Waals surface area contributed by atoms with Gasteiger partial charge < -0.3 is 9.80 Å². The minimum atomic E-state index is 0. The van der Waals surface area contributed by atoms with Gasteiger partial charge in [-0.25, -0.2) is 4.98 Å². The normalized spacial score (nSPS) is 16.6. The van der Waals surface area contributed by atoms with Crippen molar-refractivity contribution in [1.29, 1.82) is 0 Å². The van der Waals surface area contributed by atoms with E-state index in [0.717, 1.165) is 32.0 Å². The van der Waals surface area contributed by atoms with E-state index in [9.17, 15) is 0 Å². The highest BCUT2D eigenvalue weighted by molar-refractivity contribution is 8.93. The standard InChI is InChI=1S/C14H17N3.BrH/c1-16-8-10-17(11-9-16)14-13-5-3-2-4-12(13)6-7-15-14;/h2-7H,8-11H2,1H3;1H. The van der Waals surface area contributed by atoms with Crippen molar-refractivity contribution >= 4 is 33.6 Å². The van der Waals surface area contributed by atoms with Gasteiger partial charge in [0.1, 0.15) is 5.82 Å². The summed E-state index contributed by atoms with van der Waals surface area (Å²) in [4.78, 5) is 9.32. The Morgan fingerprint density at radius 2 is 1.72 bits per heavy atom. The highest BCUT2D eigenvalue weighted by Crippen LogP contribution is 2.24. The van der Waals surface area contributed by atoms with Gasteiger partial charge in [0.25, 0.3) is 0 Å². The van der Waals surface area contributed by atoms with Crippen molar-refractivity contribution in [2.75, 3.05) is 38.1 Å². The Bertz CT molecular complexity index is 516. The van der Waals surface area contributed by atoms with Gasteiger partial charge in [0.15, 0.2) is 0 Å². The second-order valence-electron chi connectivity index (χ2n) is 4.65. The van der Waals surface area contributed by atoms with Gasteiger partial charge in [-0.3, -0.25) is 0 Å². The van der Waals surface area contributed by atoms with Crippen LogP contribution in [0, 0.1) is 0 Å². The summed E-state index contributed by atoms with van der Waals surface area (Å²) >= 11 is 0. The number of fused-ring (bicyclic) bond motifs is 1. The molecule has 2 aromatic rings. The third-order valence-corrected chi connectivity index (χ3v) is 3.46. The van der Waals surface area contributed by atoms with Crippen molar-refractivity contribution < 1.29 is 0 Å². The molecule has 3 nitrogen and oxygen atoms in total. The van der Waals surface area contributed by atoms with Gasteiger partial charge in [0.2, 0.25) is 0 Å². The van der Waals surface area contributed by atoms with E-state index in [0.29, 0.717) is 0 Å². The number of pyridine rings is 1. The maximum atomic E-state index is 4.56. The van der Waals surface area contributed by atoms with Crippen molar-refractivity contribution in [3.8, 4) is 0 Å². The molecule has 0 atom stereocenters. The molecule has 0 aliphatic carbocycles. The van der Waals surface area contributed by atoms with Crippen LogP contribution in [0.15, 0.2) is 36.5 Å². The van der Waals surface area contributed by atoms with E-state index in [4.69, 9.17) is 0 Å². The molecule has 4 heteroatoms. The fourth-order valence-electron chi connectivity index (χ4n) is 2.37. The molecular weight excluding hydrogens is 290 g/mol. The Hall–Kier alpha value is -1.13. The molecule has 0 spiro atoms. The quantitative estimate of drug-likeness (QED) is 0.807. The van der Waals surface area contributed by atoms with Crippen LogP contribution in [-0.4, -0.2) is 43.1 Å². The van der Waals surface area contributed by atoms with Gasteiger partial charge in [-0.15, -0.1) is 17.0 Å². The number of hydrogen-bond donors (Lipinski definition) is 0. The first kappa shape index (κ1) is 13.3. The van der Waals surface area contributed by atoms with E-state index >= 15 is 0 Å². The summed E-state index contributed by atoms with van der Waals surface area (Å²) < 4.78 is 0. The fraction of sp³-hybridized carbons (Fsp3) is 0.357. The van der Waals surface area contributed by atoms with Crippen LogP contribution in [0.25, 0.3) is 10.8 Å². The third-order valence-electron chi connectivity index (χ3n) is 3.46. The van der Waals surface area contributed by atoms with E-state index in [1.54, 1.807) is 0 Å². The summed E-state index contributed by atoms with van der Waals surface area (Å²) in [5.41, 5.74) is 0. The first-order valence-corrected chi connectivity index (χ1v) is 6.12. The second kappa shape index (κ2) is 5.67. The molecule has 18 heavy (non-hydrogen) atoms. The molecule has 1 aliphatic heterocycles. The smallest absolute Gasteiger partial charge is 0.136 e. The number of benzene rings is 1. The Balaban J connectivity index is 0.00000120. The molecule has 1 aliphatic rings. The predicted octanol–water partition coefficient (Wildman–Crippen LogP) is 2.56. The number of anilines is 1. The van der Waals surface area contributed by atoms with Gasteiger partial charge in [-0.05, 0) is 18.5 Å². The van der Waals surface area contributed by atoms with Gasteiger partial charge in [-0.2, -0.15) is 0 Å². The van der Waals surface area contributed by atoms with Crippen molar-refractivity contribution in [2.24, 2.45) is 0 Å². The number of aromatic nitrogens is 1. The number of piperazine rings is 1. The highest BCUT2D eigenvalue weighted by Gasteiger charge is 2.16. The van der Waals surface area contributed by atoms with Crippen LogP contribution in [0.5, 0.6) is 0 Å². The lowest BCUT2D eigenvalue weighted by Crippen LogP contribution is -2.44. The number of likely N-dealkylation sites (N-methyl/N-ethyl adjacent to an activating group) is 1. The molecule has 0 radical (unpaired) electrons. The molecule has 1 aromatic carbocycles. The summed E-state index contributed by atoms with van der Waals surface area (Å²) in [6.45, 7) is 4.37. The van der Waals surface area contributed by atoms with Crippen molar-refractivity contribution in [3.05, 3.63) is 36.5 Å². The van der Waals surface area contributed by atoms with Gasteiger partial charge in [-0.1, -0.05) is 24.3 Å². The zero-order valence-corrected chi connectivity index (χ0v) is 12.3. The topological polar surface area (TPSA) is 19.4 Å². The highest BCUT2D eigenvalue weighted by atomic mass is 79.9. The van der Waals surface area contributed by atoms with Gasteiger partial charge in [0, 0.05) is 37.8 Å². The largest absolute Gasteiger partial charge is 0.354 e. The van der Waals surface area contributed by atoms with Crippen LogP contribution in [-0.2, 0) is 0 Å². The molecular formula is C14H18BrN3. The first-order chi connectivity index (χ1) is 8.34. The molecule has 0 unspecified atom stereocenters. The average Bonchev–Trinajstić information content (AvgIpc) is 2.39. The van der Waals surface area contributed by atoms with Crippen LogP contribution in [0.2, 0.25) is 0 Å². The molecule has 1 aromatic heterocycles. The van der Waals surface area contributed by atoms with Crippen LogP contribution in [0.1, 0.15) is 0 Å². The lowest BCUT2D eigenvalue weighted by molar-refractivity contribution is 0.312. The Kier molecular flexibility index (Phi) is 4.19. The summed E-state index contributed by atoms with van der Waals surface area (Å²) in [7, 11) is 2.17. The maximum absolute atomic E-state index is 4.56. The fourth-order valence-corrected chi connectivity index (χ4v) is 2.37. The molecule has 0 N–H and O–H groups in total. The SMILES string of the molecule is Br.CN1CCN(c2nccc3ccccc23)CC1. The molecule has 3 rings (SSSR count). The monoisotopic (exact) mass is 307 g/mol. The second-order valence-corrected chi connectivity index (χ2v) is 4.65. The first-order valence-electron chi connectivity index (χ1n) is 6.12. The van der Waals surface area contributed by atoms with Crippen LogP contribution in [0.3, 0.4) is 0 Å². The molecule has 0 saturated carbocycles. The number of hydrogen-bond acceptors (Lipinski definition) is 3. The Morgan fingerprint density at radius 3 is 2.50 bits per heavy atom. The summed E-state index contributed by atoms with van der Waals surface area (Å²) in [5, 5.41) is 2.54. The molecule has 2 heterocycles. The van der Waals surface area contributed by atoms with Gasteiger partial charge in [0.05, 0.1) is 0 Å². The summed E-state index contributed by atoms with van der Waals surface area (Å²) in [6.07, 6.45) is 1.91. The van der Waals surface area contributed by atoms with E-state index < -0.39 is 0 Å². The zero-order valence-electron chi connectivity index (χ0n) is 10.5. The van der Waals surface area contributed by atoms with Crippen molar-refractivity contribution in [1.82, 2.24) is 9.88 Å². The van der Waals surface area contributed by atoms with Crippen LogP contribution >= 0.6 is 17.0 Å². The van der Waals surface area contributed by atoms with E-state index in [2.05, 4.69) is 52.2 Å². The third kappa shape index (κ3) is 2.49. The molecule has 1 saturated heterocycles. The van der Waals surface area contributed by atoms with E-state index in [1.807, 2.05) is 6.20 Å². The van der Waals surface area contributed by atoms with Crippen molar-refractivity contribution in [2.45, 2.75) is 0 Å². The maximum Gasteiger partial charge on any atom is 0.136 e.